The third kappa shape index (κ3) is 1.53. The molecule has 1 unspecified atom stereocenters. The van der Waals surface area contributed by atoms with Gasteiger partial charge in [0.1, 0.15) is 0 Å². The molecule has 2 heterocycles. The number of nitrogens with one attached hydrogen (secondary N) is 1. The summed E-state index contributed by atoms with van der Waals surface area (Å²) in [6.07, 6.45) is 0.902. The van der Waals surface area contributed by atoms with E-state index >= 15 is 0 Å². The van der Waals surface area contributed by atoms with Crippen LogP contribution in [-0.2, 0) is 4.79 Å². The van der Waals surface area contributed by atoms with E-state index in [4.69, 9.17) is 0 Å². The van der Waals surface area contributed by atoms with E-state index < -0.39 is 0 Å². The van der Waals surface area contributed by atoms with Gasteiger partial charge in [-0.3, -0.25) is 15.0 Å². The summed E-state index contributed by atoms with van der Waals surface area (Å²) in [5, 5.41) is 3.25. The minimum Gasteiger partial charge on any atom is -0.323 e. The molecule has 4 nitrogen and oxygen atoms in total. The van der Waals surface area contributed by atoms with Gasteiger partial charge in [-0.2, -0.15) is 0 Å². The van der Waals surface area contributed by atoms with Crippen LogP contribution in [0.5, 0.6) is 0 Å². The number of likely N-dealkylation sites (N-methyl/N-ethyl adjacent to an activating group) is 1. The van der Waals surface area contributed by atoms with E-state index in [1.54, 1.807) is 0 Å². The van der Waals surface area contributed by atoms with Gasteiger partial charge in [-0.15, -0.1) is 0 Å². The Bertz CT molecular complexity index is 225. The zero-order chi connectivity index (χ0) is 10.1. The summed E-state index contributed by atoms with van der Waals surface area (Å²) in [6, 6.07) is 0.539. The number of carbonyl (C=O) groups is 1. The highest BCUT2D eigenvalue weighted by Crippen LogP contribution is 2.18. The van der Waals surface area contributed by atoms with Crippen LogP contribution in [0, 0.1) is 0 Å². The molecule has 1 atom stereocenters. The van der Waals surface area contributed by atoms with Crippen molar-refractivity contribution in [3.8, 4) is 0 Å². The molecule has 0 aromatic rings. The average Bonchev–Trinajstić information content (AvgIpc) is 2.46. The van der Waals surface area contributed by atoms with Crippen molar-refractivity contribution in [3.63, 3.8) is 0 Å². The second-order valence-electron chi connectivity index (χ2n) is 4.14. The number of likely N-dealkylation sites (tertiary alicyclic amines) is 1. The molecule has 0 saturated carbocycles. The van der Waals surface area contributed by atoms with Gasteiger partial charge in [-0.1, -0.05) is 13.8 Å². The van der Waals surface area contributed by atoms with E-state index in [0.717, 1.165) is 32.7 Å². The summed E-state index contributed by atoms with van der Waals surface area (Å²) in [4.78, 5) is 16.2. The summed E-state index contributed by atoms with van der Waals surface area (Å²) in [5.74, 6) is 0.299. The van der Waals surface area contributed by atoms with Gasteiger partial charge in [-0.25, -0.2) is 0 Å². The highest BCUT2D eigenvalue weighted by atomic mass is 16.2. The highest BCUT2D eigenvalue weighted by molar-refractivity contribution is 5.84. The Morgan fingerprint density at radius 3 is 2.64 bits per heavy atom. The van der Waals surface area contributed by atoms with Crippen molar-refractivity contribution in [3.05, 3.63) is 0 Å². The lowest BCUT2D eigenvalue weighted by Gasteiger charge is -2.43. The fourth-order valence-corrected chi connectivity index (χ4v) is 2.20. The summed E-state index contributed by atoms with van der Waals surface area (Å²) >= 11 is 0. The van der Waals surface area contributed by atoms with Crippen LogP contribution < -0.4 is 5.32 Å². The molecular formula is C10H19N3O. The highest BCUT2D eigenvalue weighted by Gasteiger charge is 2.39. The van der Waals surface area contributed by atoms with Crippen molar-refractivity contribution in [1.29, 1.82) is 0 Å². The van der Waals surface area contributed by atoms with Crippen molar-refractivity contribution < 1.29 is 4.79 Å². The molecule has 0 aliphatic carbocycles. The van der Waals surface area contributed by atoms with E-state index in [9.17, 15) is 4.79 Å². The average molecular weight is 197 g/mol. The molecule has 1 N–H and O–H groups in total. The number of rotatable bonds is 3. The molecule has 0 aromatic carbocycles. The monoisotopic (exact) mass is 197 g/mol. The maximum atomic E-state index is 11.8. The molecule has 0 radical (unpaired) electrons. The fraction of sp³-hybridized carbons (Fsp3) is 0.900. The lowest BCUT2D eigenvalue weighted by molar-refractivity contribution is -0.133. The maximum Gasteiger partial charge on any atom is 0.241 e. The Labute approximate surface area is 85.2 Å². The number of hydrogen-bond donors (Lipinski definition) is 1. The van der Waals surface area contributed by atoms with E-state index in [-0.39, 0.29) is 6.04 Å². The molecule has 2 rings (SSSR count). The van der Waals surface area contributed by atoms with Crippen LogP contribution in [-0.4, -0.2) is 54.1 Å². The van der Waals surface area contributed by atoms with E-state index in [2.05, 4.69) is 24.1 Å². The van der Waals surface area contributed by atoms with Gasteiger partial charge in [0.05, 0.1) is 18.8 Å². The lowest BCUT2D eigenvalue weighted by atomic mass is 10.1. The van der Waals surface area contributed by atoms with E-state index in [1.165, 1.54) is 0 Å². The van der Waals surface area contributed by atoms with Gasteiger partial charge < -0.3 is 4.90 Å². The van der Waals surface area contributed by atoms with Crippen LogP contribution in [0.4, 0.5) is 0 Å². The minimum atomic E-state index is 0.0747. The largest absolute Gasteiger partial charge is 0.323 e. The van der Waals surface area contributed by atoms with Crippen molar-refractivity contribution in [2.75, 3.05) is 26.3 Å². The normalized spacial score (nSPS) is 29.7. The van der Waals surface area contributed by atoms with Gasteiger partial charge in [0.2, 0.25) is 5.91 Å². The van der Waals surface area contributed by atoms with Gasteiger partial charge in [0.15, 0.2) is 0 Å². The molecular weight excluding hydrogens is 178 g/mol. The Hall–Kier alpha value is -0.610. The summed E-state index contributed by atoms with van der Waals surface area (Å²) in [5.41, 5.74) is 0. The number of nitrogens with zero attached hydrogens (tertiary/aromatic N) is 2. The van der Waals surface area contributed by atoms with Gasteiger partial charge in [-0.05, 0) is 13.0 Å². The summed E-state index contributed by atoms with van der Waals surface area (Å²) in [6.45, 7) is 8.18. The first-order valence-electron chi connectivity index (χ1n) is 5.52. The Kier molecular flexibility index (Phi) is 2.74. The molecule has 0 spiro atoms. The Morgan fingerprint density at radius 1 is 1.43 bits per heavy atom. The molecule has 80 valence electrons. The first kappa shape index (κ1) is 9.93. The van der Waals surface area contributed by atoms with Crippen LogP contribution in [0.25, 0.3) is 0 Å². The topological polar surface area (TPSA) is 35.6 Å². The van der Waals surface area contributed by atoms with Crippen molar-refractivity contribution in [2.24, 2.45) is 0 Å². The fourth-order valence-electron chi connectivity index (χ4n) is 2.20. The molecule has 2 saturated heterocycles. The molecule has 14 heavy (non-hydrogen) atoms. The first-order valence-corrected chi connectivity index (χ1v) is 5.52. The second-order valence-corrected chi connectivity index (χ2v) is 4.14. The number of hydrogen-bond acceptors (Lipinski definition) is 3. The van der Waals surface area contributed by atoms with Crippen molar-refractivity contribution in [2.45, 2.75) is 32.4 Å². The minimum absolute atomic E-state index is 0.0747. The van der Waals surface area contributed by atoms with E-state index in [1.807, 2.05) is 4.90 Å². The molecule has 0 aromatic heterocycles. The van der Waals surface area contributed by atoms with Crippen molar-refractivity contribution in [1.82, 2.24) is 15.1 Å². The molecule has 0 bridgehead atoms. The van der Waals surface area contributed by atoms with Crippen LogP contribution in [0.2, 0.25) is 0 Å². The smallest absolute Gasteiger partial charge is 0.241 e. The number of carbonyl (C=O) groups excluding carboxylic acids is 1. The summed E-state index contributed by atoms with van der Waals surface area (Å²) in [7, 11) is 0. The zero-order valence-electron chi connectivity index (χ0n) is 8.99. The van der Waals surface area contributed by atoms with Crippen molar-refractivity contribution >= 4 is 5.91 Å². The predicted molar refractivity (Wildman–Crippen MR) is 54.8 cm³/mol. The number of amides is 1. The standard InChI is InChI=1S/C10H19N3O/c1-3-9-10(14)13(7-11-9)8-5-12(4-2)6-8/h8-9,11H,3-7H2,1-2H3. The zero-order valence-corrected chi connectivity index (χ0v) is 8.99. The Morgan fingerprint density at radius 2 is 2.14 bits per heavy atom. The van der Waals surface area contributed by atoms with Crippen LogP contribution in [0.15, 0.2) is 0 Å². The summed E-state index contributed by atoms with van der Waals surface area (Å²) < 4.78 is 0. The predicted octanol–water partition coefficient (Wildman–Crippen LogP) is -0.142. The second kappa shape index (κ2) is 3.87. The third-order valence-corrected chi connectivity index (χ3v) is 3.32. The van der Waals surface area contributed by atoms with Gasteiger partial charge in [0.25, 0.3) is 0 Å². The van der Waals surface area contributed by atoms with Gasteiger partial charge in [0, 0.05) is 13.1 Å². The molecule has 2 aliphatic rings. The van der Waals surface area contributed by atoms with Crippen LogP contribution in [0.3, 0.4) is 0 Å². The molecule has 2 aliphatic heterocycles. The quantitative estimate of drug-likeness (QED) is 0.684. The SMILES string of the molecule is CCC1NCN(C2CN(CC)C2)C1=O. The maximum absolute atomic E-state index is 11.8. The lowest BCUT2D eigenvalue weighted by Crippen LogP contribution is -2.59. The van der Waals surface area contributed by atoms with Gasteiger partial charge >= 0.3 is 0 Å². The van der Waals surface area contributed by atoms with E-state index in [0.29, 0.717) is 11.9 Å². The molecule has 4 heteroatoms. The van der Waals surface area contributed by atoms with Crippen LogP contribution >= 0.6 is 0 Å². The Balaban J connectivity index is 1.86. The third-order valence-electron chi connectivity index (χ3n) is 3.32. The first-order chi connectivity index (χ1) is 6.76. The van der Waals surface area contributed by atoms with Crippen LogP contribution in [0.1, 0.15) is 20.3 Å². The molecule has 2 fully saturated rings. The molecule has 1 amide bonds.